The molecule has 0 aromatic carbocycles. The molecule has 0 saturated heterocycles. The van der Waals surface area contributed by atoms with Crippen molar-refractivity contribution in [3.8, 4) is 0 Å². The Labute approximate surface area is 108 Å². The predicted octanol–water partition coefficient (Wildman–Crippen LogP) is 2.00. The standard InChI is InChI=1S/C13H22N2O3/c1-7(2)12-11(10(5)15-18-12)13(17)14-8(3)6-9(4)16/h7-9,16H,6H2,1-5H3,(H,14,17). The molecule has 1 amide bonds. The minimum Gasteiger partial charge on any atom is -0.393 e. The van der Waals surface area contributed by atoms with Crippen LogP contribution >= 0.6 is 0 Å². The number of amides is 1. The van der Waals surface area contributed by atoms with Crippen LogP contribution in [0, 0.1) is 6.92 Å². The summed E-state index contributed by atoms with van der Waals surface area (Å²) in [6.45, 7) is 9.23. The molecule has 1 rings (SSSR count). The topological polar surface area (TPSA) is 75.4 Å². The number of hydrogen-bond acceptors (Lipinski definition) is 4. The minimum absolute atomic E-state index is 0.0909. The SMILES string of the molecule is Cc1noc(C(C)C)c1C(=O)NC(C)CC(C)O. The Morgan fingerprint density at radius 2 is 2.00 bits per heavy atom. The molecule has 18 heavy (non-hydrogen) atoms. The van der Waals surface area contributed by atoms with E-state index in [2.05, 4.69) is 10.5 Å². The number of aliphatic hydroxyl groups excluding tert-OH is 1. The molecule has 0 aliphatic carbocycles. The van der Waals surface area contributed by atoms with Gasteiger partial charge in [0.2, 0.25) is 0 Å². The third-order valence-corrected chi connectivity index (χ3v) is 2.71. The van der Waals surface area contributed by atoms with E-state index >= 15 is 0 Å². The number of nitrogens with one attached hydrogen (secondary N) is 1. The van der Waals surface area contributed by atoms with Crippen molar-refractivity contribution < 1.29 is 14.4 Å². The fourth-order valence-electron chi connectivity index (χ4n) is 1.92. The summed E-state index contributed by atoms with van der Waals surface area (Å²) in [7, 11) is 0. The van der Waals surface area contributed by atoms with Crippen LogP contribution in [0.4, 0.5) is 0 Å². The maximum Gasteiger partial charge on any atom is 0.257 e. The highest BCUT2D eigenvalue weighted by atomic mass is 16.5. The van der Waals surface area contributed by atoms with Crippen molar-refractivity contribution in [2.24, 2.45) is 0 Å². The first-order chi connectivity index (χ1) is 8.32. The van der Waals surface area contributed by atoms with Crippen LogP contribution in [0.25, 0.3) is 0 Å². The second kappa shape index (κ2) is 6.00. The molecular weight excluding hydrogens is 232 g/mol. The highest BCUT2D eigenvalue weighted by molar-refractivity contribution is 5.96. The molecule has 0 radical (unpaired) electrons. The average molecular weight is 254 g/mol. The van der Waals surface area contributed by atoms with Crippen molar-refractivity contribution in [3.05, 3.63) is 17.0 Å². The van der Waals surface area contributed by atoms with E-state index in [4.69, 9.17) is 4.52 Å². The maximum atomic E-state index is 12.2. The van der Waals surface area contributed by atoms with E-state index in [-0.39, 0.29) is 17.9 Å². The van der Waals surface area contributed by atoms with Crippen LogP contribution in [0.5, 0.6) is 0 Å². The van der Waals surface area contributed by atoms with Gasteiger partial charge >= 0.3 is 0 Å². The van der Waals surface area contributed by atoms with E-state index in [0.29, 0.717) is 23.4 Å². The minimum atomic E-state index is -0.437. The van der Waals surface area contributed by atoms with E-state index in [1.807, 2.05) is 20.8 Å². The van der Waals surface area contributed by atoms with Gasteiger partial charge in [-0.1, -0.05) is 19.0 Å². The number of aliphatic hydroxyl groups is 1. The van der Waals surface area contributed by atoms with Crippen molar-refractivity contribution in [2.75, 3.05) is 0 Å². The second-order valence-electron chi connectivity index (χ2n) is 5.12. The van der Waals surface area contributed by atoms with Gasteiger partial charge in [-0.2, -0.15) is 0 Å². The number of carbonyl (C=O) groups excluding carboxylic acids is 1. The van der Waals surface area contributed by atoms with Crippen molar-refractivity contribution >= 4 is 5.91 Å². The Bertz CT molecular complexity index is 410. The number of aryl methyl sites for hydroxylation is 1. The number of rotatable bonds is 5. The molecule has 0 spiro atoms. The molecule has 5 nitrogen and oxygen atoms in total. The van der Waals surface area contributed by atoms with Gasteiger partial charge in [-0.15, -0.1) is 0 Å². The van der Waals surface area contributed by atoms with E-state index < -0.39 is 6.10 Å². The van der Waals surface area contributed by atoms with Gasteiger partial charge < -0.3 is 14.9 Å². The second-order valence-corrected chi connectivity index (χ2v) is 5.12. The van der Waals surface area contributed by atoms with Crippen LogP contribution in [0.15, 0.2) is 4.52 Å². The van der Waals surface area contributed by atoms with Gasteiger partial charge in [-0.25, -0.2) is 0 Å². The molecular formula is C13H22N2O3. The smallest absolute Gasteiger partial charge is 0.257 e. The largest absolute Gasteiger partial charge is 0.393 e. The Morgan fingerprint density at radius 1 is 1.39 bits per heavy atom. The van der Waals surface area contributed by atoms with Crippen LogP contribution in [-0.4, -0.2) is 28.3 Å². The Hall–Kier alpha value is -1.36. The van der Waals surface area contributed by atoms with Crippen LogP contribution in [0.1, 0.15) is 61.8 Å². The van der Waals surface area contributed by atoms with Gasteiger partial charge in [0.15, 0.2) is 5.76 Å². The van der Waals surface area contributed by atoms with Gasteiger partial charge in [-0.3, -0.25) is 4.79 Å². The monoisotopic (exact) mass is 254 g/mol. The normalized spacial score (nSPS) is 14.6. The molecule has 0 fully saturated rings. The lowest BCUT2D eigenvalue weighted by Gasteiger charge is -2.15. The van der Waals surface area contributed by atoms with Crippen LogP contribution in [-0.2, 0) is 0 Å². The van der Waals surface area contributed by atoms with Crippen LogP contribution in [0.3, 0.4) is 0 Å². The highest BCUT2D eigenvalue weighted by Crippen LogP contribution is 2.22. The quantitative estimate of drug-likeness (QED) is 0.842. The van der Waals surface area contributed by atoms with Crippen LogP contribution in [0.2, 0.25) is 0 Å². The zero-order valence-electron chi connectivity index (χ0n) is 11.7. The molecule has 2 N–H and O–H groups in total. The van der Waals surface area contributed by atoms with E-state index in [9.17, 15) is 9.90 Å². The number of hydrogen-bond donors (Lipinski definition) is 2. The first-order valence-electron chi connectivity index (χ1n) is 6.28. The molecule has 1 heterocycles. The molecule has 102 valence electrons. The summed E-state index contributed by atoms with van der Waals surface area (Å²) >= 11 is 0. The molecule has 1 aromatic rings. The third-order valence-electron chi connectivity index (χ3n) is 2.71. The molecule has 0 bridgehead atoms. The molecule has 2 unspecified atom stereocenters. The lowest BCUT2D eigenvalue weighted by atomic mass is 10.0. The van der Waals surface area contributed by atoms with E-state index in [1.165, 1.54) is 0 Å². The lowest BCUT2D eigenvalue weighted by Crippen LogP contribution is -2.35. The van der Waals surface area contributed by atoms with E-state index in [1.54, 1.807) is 13.8 Å². The average Bonchev–Trinajstić information content (AvgIpc) is 2.58. The summed E-state index contributed by atoms with van der Waals surface area (Å²) in [6, 6.07) is -0.0909. The highest BCUT2D eigenvalue weighted by Gasteiger charge is 2.23. The molecule has 0 aliphatic heterocycles. The molecule has 2 atom stereocenters. The van der Waals surface area contributed by atoms with Crippen molar-refractivity contribution in [2.45, 2.75) is 59.1 Å². The molecule has 0 aliphatic rings. The summed E-state index contributed by atoms with van der Waals surface area (Å²) < 4.78 is 5.18. The van der Waals surface area contributed by atoms with Gasteiger partial charge in [-0.05, 0) is 27.2 Å². The third kappa shape index (κ3) is 3.57. The van der Waals surface area contributed by atoms with Gasteiger partial charge in [0, 0.05) is 12.0 Å². The Morgan fingerprint density at radius 3 is 2.50 bits per heavy atom. The van der Waals surface area contributed by atoms with Crippen molar-refractivity contribution in [3.63, 3.8) is 0 Å². The Balaban J connectivity index is 2.81. The molecule has 0 saturated carbocycles. The summed E-state index contributed by atoms with van der Waals surface area (Å²) in [6.07, 6.45) is 0.0843. The van der Waals surface area contributed by atoms with Gasteiger partial charge in [0.25, 0.3) is 5.91 Å². The zero-order chi connectivity index (χ0) is 13.9. The summed E-state index contributed by atoms with van der Waals surface area (Å²) in [5, 5.41) is 16.0. The Kier molecular flexibility index (Phi) is 4.90. The van der Waals surface area contributed by atoms with E-state index in [0.717, 1.165) is 0 Å². The predicted molar refractivity (Wildman–Crippen MR) is 68.6 cm³/mol. The van der Waals surface area contributed by atoms with Gasteiger partial charge in [0.1, 0.15) is 5.56 Å². The summed E-state index contributed by atoms with van der Waals surface area (Å²) in [5.41, 5.74) is 1.11. The van der Waals surface area contributed by atoms with Crippen molar-refractivity contribution in [1.29, 1.82) is 0 Å². The zero-order valence-corrected chi connectivity index (χ0v) is 11.7. The fourth-order valence-corrected chi connectivity index (χ4v) is 1.92. The maximum absolute atomic E-state index is 12.2. The number of nitrogens with zero attached hydrogens (tertiary/aromatic N) is 1. The first kappa shape index (κ1) is 14.7. The van der Waals surface area contributed by atoms with Crippen molar-refractivity contribution in [1.82, 2.24) is 10.5 Å². The summed E-state index contributed by atoms with van der Waals surface area (Å²) in [4.78, 5) is 12.2. The summed E-state index contributed by atoms with van der Waals surface area (Å²) in [5.74, 6) is 0.527. The lowest BCUT2D eigenvalue weighted by molar-refractivity contribution is 0.0920. The first-order valence-corrected chi connectivity index (χ1v) is 6.28. The van der Waals surface area contributed by atoms with Crippen LogP contribution < -0.4 is 5.32 Å². The van der Waals surface area contributed by atoms with Gasteiger partial charge in [0.05, 0.1) is 11.8 Å². The fraction of sp³-hybridized carbons (Fsp3) is 0.692. The molecule has 1 aromatic heterocycles. The molecule has 5 heteroatoms. The number of aromatic nitrogens is 1. The number of carbonyl (C=O) groups is 1.